The molecule has 0 unspecified atom stereocenters. The maximum Gasteiger partial charge on any atom is 0.223 e. The van der Waals surface area contributed by atoms with Gasteiger partial charge >= 0.3 is 0 Å². The maximum absolute atomic E-state index is 12.3. The normalized spacial score (nSPS) is 19.8. The molecule has 1 aliphatic rings. The number of aromatic nitrogens is 1. The molecule has 2 atom stereocenters. The van der Waals surface area contributed by atoms with Crippen LogP contribution in [-0.2, 0) is 11.2 Å². The monoisotopic (exact) mass is 373 g/mol. The highest BCUT2D eigenvalue weighted by Crippen LogP contribution is 2.26. The fourth-order valence-electron chi connectivity index (χ4n) is 2.83. The average Bonchev–Trinajstić information content (AvgIpc) is 3.15. The van der Waals surface area contributed by atoms with Crippen LogP contribution in [0.15, 0.2) is 41.9 Å². The molecule has 0 saturated carbocycles. The molecule has 2 aromatic rings. The van der Waals surface area contributed by atoms with E-state index in [0.717, 1.165) is 18.0 Å². The van der Waals surface area contributed by atoms with Gasteiger partial charge in [0.25, 0.3) is 0 Å². The van der Waals surface area contributed by atoms with Crippen molar-refractivity contribution < 1.29 is 4.79 Å². The topological polar surface area (TPSA) is 59.2 Å². The number of benzene rings is 1. The van der Waals surface area contributed by atoms with Crippen molar-refractivity contribution in [2.75, 3.05) is 13.1 Å². The van der Waals surface area contributed by atoms with Crippen molar-refractivity contribution in [2.45, 2.75) is 24.8 Å². The van der Waals surface area contributed by atoms with Crippen molar-refractivity contribution in [3.8, 4) is 0 Å². The average molecular weight is 374 g/mol. The van der Waals surface area contributed by atoms with Crippen LogP contribution in [0.1, 0.15) is 22.9 Å². The van der Waals surface area contributed by atoms with Crippen molar-refractivity contribution in [1.82, 2.24) is 9.88 Å². The lowest BCUT2D eigenvalue weighted by atomic mass is 9.95. The van der Waals surface area contributed by atoms with E-state index < -0.39 is 0 Å². The van der Waals surface area contributed by atoms with E-state index in [0.29, 0.717) is 13.0 Å². The highest BCUT2D eigenvalue weighted by Gasteiger charge is 2.33. The lowest BCUT2D eigenvalue weighted by Gasteiger charge is -2.16. The highest BCUT2D eigenvalue weighted by molar-refractivity contribution is 7.09. The summed E-state index contributed by atoms with van der Waals surface area (Å²) < 4.78 is 0. The van der Waals surface area contributed by atoms with Crippen LogP contribution < -0.4 is 5.73 Å². The second kappa shape index (κ2) is 9.23. The summed E-state index contributed by atoms with van der Waals surface area (Å²) in [7, 11) is 0. The van der Waals surface area contributed by atoms with Crippen molar-refractivity contribution in [3.63, 3.8) is 0 Å². The molecule has 2 heterocycles. The molecule has 1 aromatic carbocycles. The fourth-order valence-corrected chi connectivity index (χ4v) is 3.45. The highest BCUT2D eigenvalue weighted by atomic mass is 35.5. The molecule has 0 radical (unpaired) electrons. The Morgan fingerprint density at radius 1 is 1.26 bits per heavy atom. The summed E-state index contributed by atoms with van der Waals surface area (Å²) in [6.07, 6.45) is 3.02. The predicted octanol–water partition coefficient (Wildman–Crippen LogP) is 2.87. The SMILES string of the molecule is Cl.Cl.N[C@@H]1CN(C(=O)CCc2nccs2)C[C@H]1c1ccccc1. The zero-order valence-electron chi connectivity index (χ0n) is 12.6. The Bertz CT molecular complexity index is 595. The number of halogens is 2. The van der Waals surface area contributed by atoms with Crippen LogP contribution in [0.3, 0.4) is 0 Å². The Hall–Kier alpha value is -1.14. The van der Waals surface area contributed by atoms with Gasteiger partial charge in [0.2, 0.25) is 5.91 Å². The van der Waals surface area contributed by atoms with Gasteiger partial charge < -0.3 is 10.6 Å². The second-order valence-electron chi connectivity index (χ2n) is 5.41. The van der Waals surface area contributed by atoms with Crippen LogP contribution in [0.2, 0.25) is 0 Å². The Kier molecular flexibility index (Phi) is 7.99. The molecule has 0 aliphatic carbocycles. The molecular weight excluding hydrogens is 353 g/mol. The molecule has 4 nitrogen and oxygen atoms in total. The lowest BCUT2D eigenvalue weighted by molar-refractivity contribution is -0.130. The summed E-state index contributed by atoms with van der Waals surface area (Å²) in [5.74, 6) is 0.425. The van der Waals surface area contributed by atoms with E-state index in [9.17, 15) is 4.79 Å². The largest absolute Gasteiger partial charge is 0.340 e. The number of thiazole rings is 1. The Labute approximate surface area is 152 Å². The van der Waals surface area contributed by atoms with Gasteiger partial charge in [-0.3, -0.25) is 4.79 Å². The third-order valence-electron chi connectivity index (χ3n) is 3.98. The van der Waals surface area contributed by atoms with Gasteiger partial charge in [0, 0.05) is 49.5 Å². The van der Waals surface area contributed by atoms with Crippen LogP contribution in [0.4, 0.5) is 0 Å². The molecule has 23 heavy (non-hydrogen) atoms. The Balaban J connectivity index is 0.00000132. The van der Waals surface area contributed by atoms with Crippen LogP contribution in [0.25, 0.3) is 0 Å². The maximum atomic E-state index is 12.3. The Morgan fingerprint density at radius 3 is 2.65 bits per heavy atom. The lowest BCUT2D eigenvalue weighted by Crippen LogP contribution is -2.32. The summed E-state index contributed by atoms with van der Waals surface area (Å²) in [4.78, 5) is 18.4. The molecule has 0 bridgehead atoms. The number of amides is 1. The molecular formula is C16H21Cl2N3OS. The first-order valence-electron chi connectivity index (χ1n) is 7.20. The molecule has 2 N–H and O–H groups in total. The zero-order chi connectivity index (χ0) is 14.7. The molecule has 1 amide bonds. The van der Waals surface area contributed by atoms with Crippen molar-refractivity contribution in [3.05, 3.63) is 52.5 Å². The number of aryl methyl sites for hydroxylation is 1. The van der Waals surface area contributed by atoms with Crippen LogP contribution in [-0.4, -0.2) is 34.9 Å². The van der Waals surface area contributed by atoms with Crippen molar-refractivity contribution >= 4 is 42.1 Å². The second-order valence-corrected chi connectivity index (χ2v) is 6.38. The van der Waals surface area contributed by atoms with E-state index in [1.165, 1.54) is 5.56 Å². The quantitative estimate of drug-likeness (QED) is 0.895. The molecule has 7 heteroatoms. The molecule has 126 valence electrons. The number of hydrogen-bond donors (Lipinski definition) is 1. The van der Waals surface area contributed by atoms with E-state index in [1.54, 1.807) is 17.5 Å². The molecule has 3 rings (SSSR count). The van der Waals surface area contributed by atoms with Crippen LogP contribution in [0, 0.1) is 0 Å². The fraction of sp³-hybridized carbons (Fsp3) is 0.375. The van der Waals surface area contributed by atoms with Gasteiger partial charge in [0.1, 0.15) is 0 Å². The number of hydrogen-bond acceptors (Lipinski definition) is 4. The van der Waals surface area contributed by atoms with E-state index in [4.69, 9.17) is 5.73 Å². The number of nitrogens with zero attached hydrogens (tertiary/aromatic N) is 2. The summed E-state index contributed by atoms with van der Waals surface area (Å²) in [6.45, 7) is 1.37. The first kappa shape index (κ1) is 19.9. The van der Waals surface area contributed by atoms with Gasteiger partial charge in [-0.2, -0.15) is 0 Å². The van der Waals surface area contributed by atoms with E-state index in [1.807, 2.05) is 28.5 Å². The number of likely N-dealkylation sites (tertiary alicyclic amines) is 1. The third kappa shape index (κ3) is 4.91. The summed E-state index contributed by atoms with van der Waals surface area (Å²) in [5, 5.41) is 2.96. The zero-order valence-corrected chi connectivity index (χ0v) is 15.1. The molecule has 1 aliphatic heterocycles. The van der Waals surface area contributed by atoms with Crippen molar-refractivity contribution in [2.24, 2.45) is 5.73 Å². The molecule has 1 aromatic heterocycles. The standard InChI is InChI=1S/C16H19N3OS.2ClH/c17-14-11-19(10-13(14)12-4-2-1-3-5-12)16(20)7-6-15-18-8-9-21-15;;/h1-5,8-9,13-14H,6-7,10-11,17H2;2*1H/t13-,14+;;/m0../s1. The minimum atomic E-state index is 0. The van der Waals surface area contributed by atoms with E-state index in [2.05, 4.69) is 17.1 Å². The van der Waals surface area contributed by atoms with Crippen molar-refractivity contribution in [1.29, 1.82) is 0 Å². The minimum absolute atomic E-state index is 0. The molecule has 1 saturated heterocycles. The first-order chi connectivity index (χ1) is 10.2. The number of nitrogens with two attached hydrogens (primary N) is 1. The number of carbonyl (C=O) groups excluding carboxylic acids is 1. The third-order valence-corrected chi connectivity index (χ3v) is 4.82. The van der Waals surface area contributed by atoms with Gasteiger partial charge in [-0.25, -0.2) is 4.98 Å². The van der Waals surface area contributed by atoms with Gasteiger partial charge in [-0.1, -0.05) is 30.3 Å². The van der Waals surface area contributed by atoms with Gasteiger partial charge in [0.05, 0.1) is 5.01 Å². The smallest absolute Gasteiger partial charge is 0.223 e. The number of rotatable bonds is 4. The summed E-state index contributed by atoms with van der Waals surface area (Å²) in [5.41, 5.74) is 7.45. The van der Waals surface area contributed by atoms with Gasteiger partial charge in [-0.05, 0) is 5.56 Å². The minimum Gasteiger partial charge on any atom is -0.340 e. The van der Waals surface area contributed by atoms with Crippen LogP contribution >= 0.6 is 36.2 Å². The summed E-state index contributed by atoms with van der Waals surface area (Å²) in [6, 6.07) is 10.3. The predicted molar refractivity (Wildman–Crippen MR) is 98.7 cm³/mol. The summed E-state index contributed by atoms with van der Waals surface area (Å²) >= 11 is 1.60. The molecule has 1 fully saturated rings. The number of carbonyl (C=O) groups is 1. The van der Waals surface area contributed by atoms with Gasteiger partial charge in [-0.15, -0.1) is 36.2 Å². The van der Waals surface area contributed by atoms with E-state index >= 15 is 0 Å². The Morgan fingerprint density at radius 2 is 2.00 bits per heavy atom. The van der Waals surface area contributed by atoms with Crippen LogP contribution in [0.5, 0.6) is 0 Å². The first-order valence-corrected chi connectivity index (χ1v) is 8.08. The molecule has 0 spiro atoms. The van der Waals surface area contributed by atoms with Gasteiger partial charge in [0.15, 0.2) is 0 Å². The van der Waals surface area contributed by atoms with E-state index in [-0.39, 0.29) is 42.7 Å².